The van der Waals surface area contributed by atoms with Crippen LogP contribution in [0.3, 0.4) is 0 Å². The summed E-state index contributed by atoms with van der Waals surface area (Å²) >= 11 is 0. The minimum Gasteiger partial charge on any atom is -0.492 e. The molecule has 1 aromatic heterocycles. The predicted octanol–water partition coefficient (Wildman–Crippen LogP) is -0.720. The van der Waals surface area contributed by atoms with Crippen LogP contribution in [0.1, 0.15) is 12.8 Å². The van der Waals surface area contributed by atoms with Crippen molar-refractivity contribution >= 4 is 21.9 Å². The SMILES string of the molecule is O=C1C=CC(=O)N1CCCCOn1c(O)cc(S(=O)(=O)O)c1O. The highest BCUT2D eigenvalue weighted by Crippen LogP contribution is 2.29. The van der Waals surface area contributed by atoms with Gasteiger partial charge in [-0.2, -0.15) is 8.42 Å². The minimum absolute atomic E-state index is 0.0373. The monoisotopic (exact) mass is 346 g/mol. The third-order valence-electron chi connectivity index (χ3n) is 3.06. The van der Waals surface area contributed by atoms with Gasteiger partial charge in [0.15, 0.2) is 4.90 Å². The van der Waals surface area contributed by atoms with Crippen molar-refractivity contribution in [1.29, 1.82) is 0 Å². The maximum absolute atomic E-state index is 11.3. The van der Waals surface area contributed by atoms with Gasteiger partial charge in [0.2, 0.25) is 5.88 Å². The smallest absolute Gasteiger partial charge is 0.300 e. The molecule has 0 atom stereocenters. The van der Waals surface area contributed by atoms with E-state index < -0.39 is 38.6 Å². The van der Waals surface area contributed by atoms with Gasteiger partial charge < -0.3 is 15.1 Å². The van der Waals surface area contributed by atoms with Crippen LogP contribution < -0.4 is 4.84 Å². The van der Waals surface area contributed by atoms with Crippen molar-refractivity contribution < 1.29 is 37.6 Å². The molecule has 3 N–H and O–H groups in total. The van der Waals surface area contributed by atoms with Crippen molar-refractivity contribution in [3.8, 4) is 11.8 Å². The van der Waals surface area contributed by atoms with Gasteiger partial charge in [-0.25, -0.2) is 0 Å². The molecule has 126 valence electrons. The molecule has 0 bridgehead atoms. The molecule has 0 aromatic carbocycles. The number of nitrogens with zero attached hydrogens (tertiary/aromatic N) is 2. The van der Waals surface area contributed by atoms with Gasteiger partial charge in [0.25, 0.3) is 27.8 Å². The molecule has 0 saturated carbocycles. The number of unbranched alkanes of at least 4 members (excludes halogenated alkanes) is 1. The van der Waals surface area contributed by atoms with Crippen molar-refractivity contribution in [2.45, 2.75) is 17.7 Å². The van der Waals surface area contributed by atoms with Crippen molar-refractivity contribution in [2.75, 3.05) is 13.2 Å². The second-order valence-electron chi connectivity index (χ2n) is 4.66. The molecule has 2 rings (SSSR count). The van der Waals surface area contributed by atoms with Gasteiger partial charge in [-0.1, -0.05) is 0 Å². The van der Waals surface area contributed by atoms with Crippen LogP contribution in [0.5, 0.6) is 11.8 Å². The molecular formula is C12H14N2O8S. The summed E-state index contributed by atoms with van der Waals surface area (Å²) in [6.07, 6.45) is 3.11. The number of imide groups is 1. The number of rotatable bonds is 7. The Bertz CT molecular complexity index is 746. The molecule has 2 heterocycles. The Hall–Kier alpha value is -2.53. The Morgan fingerprint density at radius 3 is 2.22 bits per heavy atom. The Balaban J connectivity index is 1.84. The van der Waals surface area contributed by atoms with E-state index in [0.29, 0.717) is 23.6 Å². The normalized spacial score (nSPS) is 14.7. The molecule has 0 saturated heterocycles. The zero-order valence-corrected chi connectivity index (χ0v) is 12.6. The van der Waals surface area contributed by atoms with Gasteiger partial charge >= 0.3 is 0 Å². The topological polar surface area (TPSA) is 146 Å². The Morgan fingerprint density at radius 1 is 1.09 bits per heavy atom. The number of carbonyl (C=O) groups excluding carboxylic acids is 2. The van der Waals surface area contributed by atoms with Gasteiger partial charge in [0, 0.05) is 24.8 Å². The van der Waals surface area contributed by atoms with Crippen LogP contribution in [0, 0.1) is 0 Å². The van der Waals surface area contributed by atoms with E-state index in [9.17, 15) is 28.2 Å². The molecule has 0 fully saturated rings. The van der Waals surface area contributed by atoms with E-state index in [1.165, 1.54) is 12.2 Å². The maximum atomic E-state index is 11.3. The number of aromatic hydroxyl groups is 2. The van der Waals surface area contributed by atoms with E-state index >= 15 is 0 Å². The molecule has 1 aliphatic heterocycles. The summed E-state index contributed by atoms with van der Waals surface area (Å²) < 4.78 is 31.2. The Morgan fingerprint density at radius 2 is 1.70 bits per heavy atom. The van der Waals surface area contributed by atoms with E-state index in [4.69, 9.17) is 9.39 Å². The third kappa shape index (κ3) is 3.63. The minimum atomic E-state index is -4.69. The molecule has 1 aliphatic rings. The van der Waals surface area contributed by atoms with Gasteiger partial charge in [0.05, 0.1) is 0 Å². The highest BCUT2D eigenvalue weighted by Gasteiger charge is 2.25. The highest BCUT2D eigenvalue weighted by molar-refractivity contribution is 7.86. The van der Waals surface area contributed by atoms with Crippen molar-refractivity contribution in [3.63, 3.8) is 0 Å². The molecule has 0 unspecified atom stereocenters. The summed E-state index contributed by atoms with van der Waals surface area (Å²) in [5.74, 6) is -2.45. The van der Waals surface area contributed by atoms with E-state index in [0.717, 1.165) is 4.90 Å². The van der Waals surface area contributed by atoms with Crippen molar-refractivity contribution in [3.05, 3.63) is 18.2 Å². The molecule has 11 heteroatoms. The van der Waals surface area contributed by atoms with Gasteiger partial charge in [0.1, 0.15) is 6.61 Å². The Kier molecular flexibility index (Phi) is 4.61. The third-order valence-corrected chi connectivity index (χ3v) is 3.91. The largest absolute Gasteiger partial charge is 0.492 e. The number of aromatic nitrogens is 1. The van der Waals surface area contributed by atoms with Crippen molar-refractivity contribution in [2.24, 2.45) is 0 Å². The summed E-state index contributed by atoms with van der Waals surface area (Å²) in [4.78, 5) is 27.8. The number of hydrogen-bond donors (Lipinski definition) is 3. The molecular weight excluding hydrogens is 332 g/mol. The summed E-state index contributed by atoms with van der Waals surface area (Å²) in [7, 11) is -4.69. The first-order valence-electron chi connectivity index (χ1n) is 6.50. The fourth-order valence-electron chi connectivity index (χ4n) is 1.95. The summed E-state index contributed by atoms with van der Waals surface area (Å²) in [5, 5.41) is 19.0. The lowest BCUT2D eigenvalue weighted by Gasteiger charge is -2.13. The molecule has 0 spiro atoms. The zero-order chi connectivity index (χ0) is 17.2. The van der Waals surface area contributed by atoms with E-state index in [-0.39, 0.29) is 13.2 Å². The van der Waals surface area contributed by atoms with E-state index in [1.54, 1.807) is 0 Å². The lowest BCUT2D eigenvalue weighted by Crippen LogP contribution is -2.31. The number of carbonyl (C=O) groups is 2. The first-order valence-corrected chi connectivity index (χ1v) is 7.94. The van der Waals surface area contributed by atoms with Crippen LogP contribution in [0.25, 0.3) is 0 Å². The van der Waals surface area contributed by atoms with Crippen LogP contribution in [0.4, 0.5) is 0 Å². The molecule has 10 nitrogen and oxygen atoms in total. The van der Waals surface area contributed by atoms with E-state index in [1.807, 2.05) is 0 Å². The quantitative estimate of drug-likeness (QED) is 0.333. The molecule has 23 heavy (non-hydrogen) atoms. The summed E-state index contributed by atoms with van der Waals surface area (Å²) in [6, 6.07) is 0.637. The molecule has 1 aromatic rings. The predicted molar refractivity (Wildman–Crippen MR) is 74.1 cm³/mol. The van der Waals surface area contributed by atoms with Crippen LogP contribution in [0.2, 0.25) is 0 Å². The van der Waals surface area contributed by atoms with Crippen LogP contribution in [-0.4, -0.2) is 57.8 Å². The van der Waals surface area contributed by atoms with Crippen LogP contribution in [0.15, 0.2) is 23.1 Å². The van der Waals surface area contributed by atoms with E-state index in [2.05, 4.69) is 0 Å². The highest BCUT2D eigenvalue weighted by atomic mass is 32.2. The van der Waals surface area contributed by atoms with Crippen LogP contribution >= 0.6 is 0 Å². The van der Waals surface area contributed by atoms with Gasteiger partial charge in [-0.15, -0.1) is 4.73 Å². The van der Waals surface area contributed by atoms with Crippen molar-refractivity contribution in [1.82, 2.24) is 9.63 Å². The second kappa shape index (κ2) is 6.30. The standard InChI is InChI=1S/C12H14N2O8S/c15-9-3-4-10(16)13(9)5-1-2-6-22-14-11(17)7-8(12(14)18)23(19,20)21/h3-4,7,17-18H,1-2,5-6H2,(H,19,20,21). The number of hydrogen-bond acceptors (Lipinski definition) is 7. The average Bonchev–Trinajstić information content (AvgIpc) is 2.92. The second-order valence-corrected chi connectivity index (χ2v) is 6.05. The zero-order valence-electron chi connectivity index (χ0n) is 11.7. The first kappa shape index (κ1) is 16.8. The molecule has 0 aliphatic carbocycles. The summed E-state index contributed by atoms with van der Waals surface area (Å²) in [6.45, 7) is 0.151. The lowest BCUT2D eigenvalue weighted by atomic mass is 10.3. The summed E-state index contributed by atoms with van der Waals surface area (Å²) in [5.41, 5.74) is 0. The maximum Gasteiger partial charge on any atom is 0.300 e. The van der Waals surface area contributed by atoms with Gasteiger partial charge in [-0.3, -0.25) is 19.0 Å². The molecule has 0 radical (unpaired) electrons. The molecule has 2 amide bonds. The first-order chi connectivity index (χ1) is 10.7. The van der Waals surface area contributed by atoms with Crippen LogP contribution in [-0.2, 0) is 19.7 Å². The lowest BCUT2D eigenvalue weighted by molar-refractivity contribution is -0.136. The number of amides is 2. The van der Waals surface area contributed by atoms with Gasteiger partial charge in [-0.05, 0) is 12.8 Å². The Labute approximate surface area is 130 Å². The fraction of sp³-hybridized carbons (Fsp3) is 0.333. The fourth-order valence-corrected chi connectivity index (χ4v) is 2.51. The average molecular weight is 346 g/mol.